The van der Waals surface area contributed by atoms with E-state index in [1.807, 2.05) is 0 Å². The molecule has 1 aliphatic carbocycles. The number of fused-ring (bicyclic) bond motifs is 6. The molecule has 3 aliphatic rings. The monoisotopic (exact) mass is 638 g/mol. The highest BCUT2D eigenvalue weighted by atomic mass is 16.5. The Labute approximate surface area is 290 Å². The fraction of sp³-hybridized carbons (Fsp3) is 0.217. The Morgan fingerprint density at radius 3 is 1.84 bits per heavy atom. The number of hydrogen-bond acceptors (Lipinski definition) is 3. The third-order valence-electron chi connectivity index (χ3n) is 12.5. The number of benzene rings is 6. The molecule has 0 fully saturated rings. The van der Waals surface area contributed by atoms with Gasteiger partial charge in [-0.25, -0.2) is 0 Å². The van der Waals surface area contributed by atoms with E-state index in [0.29, 0.717) is 0 Å². The third-order valence-corrected chi connectivity index (χ3v) is 12.5. The average molecular weight is 639 g/mol. The van der Waals surface area contributed by atoms with Gasteiger partial charge >= 0.3 is 0 Å². The van der Waals surface area contributed by atoms with Gasteiger partial charge in [0, 0.05) is 29.0 Å². The van der Waals surface area contributed by atoms with Crippen LogP contribution in [0.4, 0.5) is 34.1 Å². The topological polar surface area (TPSA) is 15.7 Å². The molecule has 9 rings (SSSR count). The van der Waals surface area contributed by atoms with Crippen LogP contribution in [-0.4, -0.2) is 0 Å². The van der Waals surface area contributed by atoms with Crippen LogP contribution in [0, 0.1) is 5.41 Å². The van der Waals surface area contributed by atoms with E-state index in [2.05, 4.69) is 185 Å². The molecule has 0 bridgehead atoms. The maximum absolute atomic E-state index is 6.95. The Kier molecular flexibility index (Phi) is 6.31. The Morgan fingerprint density at radius 2 is 1.08 bits per heavy atom. The van der Waals surface area contributed by atoms with Gasteiger partial charge in [0.1, 0.15) is 0 Å². The molecule has 6 aromatic carbocycles. The molecule has 242 valence electrons. The van der Waals surface area contributed by atoms with Crippen LogP contribution in [0.1, 0.15) is 63.8 Å². The smallest absolute Gasteiger partial charge is 0.157 e. The normalized spacial score (nSPS) is 17.3. The fourth-order valence-corrected chi connectivity index (χ4v) is 8.62. The number of rotatable bonds is 3. The number of ether oxygens (including phenoxy) is 1. The molecule has 0 atom stereocenters. The van der Waals surface area contributed by atoms with Gasteiger partial charge in [0.05, 0.1) is 17.1 Å². The van der Waals surface area contributed by atoms with Crippen molar-refractivity contribution in [1.29, 1.82) is 0 Å². The predicted molar refractivity (Wildman–Crippen MR) is 204 cm³/mol. The summed E-state index contributed by atoms with van der Waals surface area (Å²) < 4.78 is 6.95. The van der Waals surface area contributed by atoms with Crippen molar-refractivity contribution >= 4 is 34.1 Å². The Bertz CT molecular complexity index is 2270. The van der Waals surface area contributed by atoms with Crippen LogP contribution in [0.25, 0.3) is 11.1 Å². The predicted octanol–water partition coefficient (Wildman–Crippen LogP) is 12.9. The standard InChI is InChI=1S/C46H42N2O/c1-44(2)36-28-32-27-35-38(24-25-40-43(35)49-42-23-14-13-22-39(42)47(40)33-19-11-8-12-20-33)48(41(32)29-37(36)45(3,4)46(44,5)6)34-21-15-18-31(26-34)30-16-9-7-10-17-30/h7-26,28-29H,27H2,1-6H3. The lowest BCUT2D eigenvalue weighted by Crippen LogP contribution is -2.42. The van der Waals surface area contributed by atoms with Crippen LogP contribution in [-0.2, 0) is 17.3 Å². The SMILES string of the molecule is CC1(C)c2cc3c(cc2C(C)(C)C1(C)C)N(c1cccc(-c2ccccc2)c1)c1ccc2c(c1C3)Oc1ccccc1N2c1ccccc1. The molecule has 0 amide bonds. The van der Waals surface area contributed by atoms with Gasteiger partial charge in [-0.1, -0.05) is 120 Å². The highest BCUT2D eigenvalue weighted by molar-refractivity contribution is 5.93. The Morgan fingerprint density at radius 1 is 0.490 bits per heavy atom. The molecule has 0 aromatic heterocycles. The molecular weight excluding hydrogens is 597 g/mol. The number of hydrogen-bond donors (Lipinski definition) is 0. The minimum atomic E-state index is -0.00242. The van der Waals surface area contributed by atoms with Crippen LogP contribution in [0.2, 0.25) is 0 Å². The number of anilines is 6. The minimum Gasteiger partial charge on any atom is -0.453 e. The van der Waals surface area contributed by atoms with Gasteiger partial charge in [0.2, 0.25) is 0 Å². The van der Waals surface area contributed by atoms with Crippen LogP contribution >= 0.6 is 0 Å². The van der Waals surface area contributed by atoms with Gasteiger partial charge in [-0.05, 0) is 98.7 Å². The van der Waals surface area contributed by atoms with Crippen LogP contribution in [0.3, 0.4) is 0 Å². The summed E-state index contributed by atoms with van der Waals surface area (Å²) in [6.07, 6.45) is 0.789. The minimum absolute atomic E-state index is 0.00242. The molecule has 0 saturated heterocycles. The van der Waals surface area contributed by atoms with E-state index >= 15 is 0 Å². The summed E-state index contributed by atoms with van der Waals surface area (Å²) in [6, 6.07) is 48.3. The summed E-state index contributed by atoms with van der Waals surface area (Å²) in [6.45, 7) is 14.6. The average Bonchev–Trinajstić information content (AvgIpc) is 3.22. The maximum atomic E-state index is 6.95. The van der Waals surface area contributed by atoms with Crippen LogP contribution < -0.4 is 14.5 Å². The first-order valence-corrected chi connectivity index (χ1v) is 17.5. The van der Waals surface area contributed by atoms with Crippen molar-refractivity contribution < 1.29 is 4.74 Å². The zero-order valence-corrected chi connectivity index (χ0v) is 29.2. The highest BCUT2D eigenvalue weighted by Gasteiger charge is 2.57. The first-order chi connectivity index (χ1) is 23.6. The largest absolute Gasteiger partial charge is 0.453 e. The lowest BCUT2D eigenvalue weighted by atomic mass is 9.59. The maximum Gasteiger partial charge on any atom is 0.157 e. The first kappa shape index (κ1) is 29.8. The first-order valence-electron chi connectivity index (χ1n) is 17.5. The van der Waals surface area contributed by atoms with Gasteiger partial charge < -0.3 is 14.5 Å². The zero-order chi connectivity index (χ0) is 33.7. The summed E-state index contributed by atoms with van der Waals surface area (Å²) in [5.41, 5.74) is 14.7. The Balaban J connectivity index is 1.30. The molecule has 0 radical (unpaired) electrons. The van der Waals surface area contributed by atoms with E-state index in [4.69, 9.17) is 4.74 Å². The highest BCUT2D eigenvalue weighted by Crippen LogP contribution is 2.64. The third kappa shape index (κ3) is 4.15. The van der Waals surface area contributed by atoms with Crippen molar-refractivity contribution in [2.75, 3.05) is 9.80 Å². The molecule has 0 N–H and O–H groups in total. The van der Waals surface area contributed by atoms with Crippen LogP contribution in [0.15, 0.2) is 133 Å². The van der Waals surface area contributed by atoms with Crippen molar-refractivity contribution in [2.24, 2.45) is 5.41 Å². The number of nitrogens with zero attached hydrogens (tertiary/aromatic N) is 2. The van der Waals surface area contributed by atoms with E-state index in [0.717, 1.165) is 46.4 Å². The van der Waals surface area contributed by atoms with E-state index < -0.39 is 0 Å². The van der Waals surface area contributed by atoms with Crippen molar-refractivity contribution in [3.63, 3.8) is 0 Å². The molecule has 0 saturated carbocycles. The van der Waals surface area contributed by atoms with E-state index in [1.54, 1.807) is 0 Å². The lowest BCUT2D eigenvalue weighted by molar-refractivity contribution is 0.125. The van der Waals surface area contributed by atoms with Crippen molar-refractivity contribution in [3.05, 3.63) is 156 Å². The van der Waals surface area contributed by atoms with Gasteiger partial charge in [0.15, 0.2) is 11.5 Å². The summed E-state index contributed by atoms with van der Waals surface area (Å²) >= 11 is 0. The zero-order valence-electron chi connectivity index (χ0n) is 29.2. The molecular formula is C46H42N2O. The second kappa shape index (κ2) is 10.4. The van der Waals surface area contributed by atoms with E-state index in [-0.39, 0.29) is 16.2 Å². The molecule has 2 aliphatic heterocycles. The molecule has 2 heterocycles. The van der Waals surface area contributed by atoms with Crippen molar-refractivity contribution in [3.8, 4) is 22.6 Å². The fourth-order valence-electron chi connectivity index (χ4n) is 8.62. The molecule has 3 nitrogen and oxygen atoms in total. The molecule has 6 aromatic rings. The van der Waals surface area contributed by atoms with Gasteiger partial charge in [0.25, 0.3) is 0 Å². The summed E-state index contributed by atoms with van der Waals surface area (Å²) in [7, 11) is 0. The Hall–Kier alpha value is -5.28. The van der Waals surface area contributed by atoms with Gasteiger partial charge in [-0.2, -0.15) is 0 Å². The van der Waals surface area contributed by atoms with E-state index in [1.165, 1.54) is 39.1 Å². The molecule has 0 unspecified atom stereocenters. The lowest BCUT2D eigenvalue weighted by Gasteiger charge is -2.44. The molecule has 49 heavy (non-hydrogen) atoms. The summed E-state index contributed by atoms with van der Waals surface area (Å²) in [5.74, 6) is 1.80. The second-order valence-corrected chi connectivity index (χ2v) is 15.5. The van der Waals surface area contributed by atoms with Gasteiger partial charge in [-0.3, -0.25) is 0 Å². The van der Waals surface area contributed by atoms with Crippen molar-refractivity contribution in [2.45, 2.75) is 58.8 Å². The van der Waals surface area contributed by atoms with Gasteiger partial charge in [-0.15, -0.1) is 0 Å². The number of para-hydroxylation sites is 3. The molecule has 3 heteroatoms. The van der Waals surface area contributed by atoms with Crippen molar-refractivity contribution in [1.82, 2.24) is 0 Å². The summed E-state index contributed by atoms with van der Waals surface area (Å²) in [4.78, 5) is 4.84. The molecule has 0 spiro atoms. The van der Waals surface area contributed by atoms with Crippen LogP contribution in [0.5, 0.6) is 11.5 Å². The quantitative estimate of drug-likeness (QED) is 0.191. The summed E-state index contributed by atoms with van der Waals surface area (Å²) in [5, 5.41) is 0. The van der Waals surface area contributed by atoms with E-state index in [9.17, 15) is 0 Å². The second-order valence-electron chi connectivity index (χ2n) is 15.5.